The van der Waals surface area contributed by atoms with Gasteiger partial charge in [-0.2, -0.15) is 13.2 Å². The van der Waals surface area contributed by atoms with Gasteiger partial charge in [0.25, 0.3) is 0 Å². The zero-order valence-corrected chi connectivity index (χ0v) is 10.4. The fourth-order valence-electron chi connectivity index (χ4n) is 1.71. The molecule has 0 bridgehead atoms. The molecule has 0 amide bonds. The van der Waals surface area contributed by atoms with E-state index < -0.39 is 17.5 Å². The number of aryl methyl sites for hydroxylation is 1. The summed E-state index contributed by atoms with van der Waals surface area (Å²) in [6, 6.07) is 4.54. The van der Waals surface area contributed by atoms with Crippen LogP contribution in [0.3, 0.4) is 0 Å². The van der Waals surface area contributed by atoms with Gasteiger partial charge in [-0.25, -0.2) is 0 Å². The summed E-state index contributed by atoms with van der Waals surface area (Å²) in [5, 5.41) is 17.2. The molecule has 1 heterocycles. The Kier molecular flexibility index (Phi) is 3.36. The van der Waals surface area contributed by atoms with Gasteiger partial charge in [0.15, 0.2) is 5.15 Å². The molecular weight excluding hydrogens is 281 g/mol. The third-order valence-electron chi connectivity index (χ3n) is 2.53. The smallest absolute Gasteiger partial charge is 0.416 e. The van der Waals surface area contributed by atoms with Crippen molar-refractivity contribution in [2.24, 2.45) is 0 Å². The van der Waals surface area contributed by atoms with Crippen LogP contribution in [0.1, 0.15) is 11.1 Å². The molecule has 1 aromatic heterocycles. The van der Waals surface area contributed by atoms with Gasteiger partial charge in [-0.1, -0.05) is 11.6 Å². The molecule has 3 nitrogen and oxygen atoms in total. The number of alkyl halides is 3. The maximum absolute atomic E-state index is 12.6. The van der Waals surface area contributed by atoms with E-state index in [2.05, 4.69) is 10.2 Å². The minimum absolute atomic E-state index is 0.160. The fraction of sp³-hybridized carbons (Fsp3) is 0.167. The van der Waals surface area contributed by atoms with Crippen LogP contribution in [0.4, 0.5) is 13.2 Å². The molecule has 2 aromatic rings. The van der Waals surface area contributed by atoms with Crippen LogP contribution in [0.25, 0.3) is 11.3 Å². The quantitative estimate of drug-likeness (QED) is 0.867. The molecule has 1 N–H and O–H groups in total. The summed E-state index contributed by atoms with van der Waals surface area (Å²) in [6.45, 7) is 1.46. The molecule has 0 saturated carbocycles. The molecule has 0 aliphatic rings. The van der Waals surface area contributed by atoms with E-state index in [0.29, 0.717) is 6.07 Å². The second-order valence-corrected chi connectivity index (χ2v) is 4.31. The van der Waals surface area contributed by atoms with E-state index in [4.69, 9.17) is 11.6 Å². The van der Waals surface area contributed by atoms with Gasteiger partial charge in [0, 0.05) is 5.56 Å². The molecule has 7 heteroatoms. The van der Waals surface area contributed by atoms with Crippen molar-refractivity contribution >= 4 is 11.6 Å². The molecule has 2 rings (SSSR count). The van der Waals surface area contributed by atoms with Gasteiger partial charge in [-0.15, -0.1) is 10.2 Å². The number of phenols is 1. The van der Waals surface area contributed by atoms with Crippen LogP contribution in [-0.4, -0.2) is 15.3 Å². The lowest BCUT2D eigenvalue weighted by atomic mass is 10.0. The van der Waals surface area contributed by atoms with Crippen LogP contribution in [-0.2, 0) is 6.18 Å². The predicted molar refractivity (Wildman–Crippen MR) is 63.9 cm³/mol. The van der Waals surface area contributed by atoms with Crippen molar-refractivity contribution in [1.29, 1.82) is 0 Å². The van der Waals surface area contributed by atoms with Crippen LogP contribution >= 0.6 is 11.6 Å². The highest BCUT2D eigenvalue weighted by Crippen LogP contribution is 2.38. The Morgan fingerprint density at radius 1 is 1.16 bits per heavy atom. The predicted octanol–water partition coefficient (Wildman–Crippen LogP) is 3.83. The van der Waals surface area contributed by atoms with Crippen molar-refractivity contribution in [1.82, 2.24) is 10.2 Å². The van der Waals surface area contributed by atoms with Crippen LogP contribution in [0, 0.1) is 6.92 Å². The minimum atomic E-state index is -4.51. The second kappa shape index (κ2) is 4.70. The van der Waals surface area contributed by atoms with Crippen molar-refractivity contribution in [2.75, 3.05) is 0 Å². The third kappa shape index (κ3) is 2.78. The average Bonchev–Trinajstić information content (AvgIpc) is 2.29. The molecule has 0 aliphatic carbocycles. The zero-order chi connectivity index (χ0) is 14.2. The Morgan fingerprint density at radius 2 is 1.84 bits per heavy atom. The first kappa shape index (κ1) is 13.6. The molecule has 0 spiro atoms. The summed E-state index contributed by atoms with van der Waals surface area (Å²) in [5.74, 6) is -0.496. The van der Waals surface area contributed by atoms with Crippen LogP contribution < -0.4 is 0 Å². The second-order valence-electron chi connectivity index (χ2n) is 3.93. The molecular formula is C12H8ClF3N2O. The van der Waals surface area contributed by atoms with Crippen LogP contribution in [0.5, 0.6) is 5.75 Å². The Balaban J connectivity index is 2.57. The Bertz CT molecular complexity index is 588. The number of benzene rings is 1. The van der Waals surface area contributed by atoms with E-state index in [-0.39, 0.29) is 22.0 Å². The molecule has 0 unspecified atom stereocenters. The van der Waals surface area contributed by atoms with Crippen LogP contribution in [0.2, 0.25) is 5.15 Å². The highest BCUT2D eigenvalue weighted by molar-refractivity contribution is 6.29. The number of halogens is 4. The van der Waals surface area contributed by atoms with Crippen molar-refractivity contribution < 1.29 is 18.3 Å². The number of nitrogens with zero attached hydrogens (tertiary/aromatic N) is 2. The van der Waals surface area contributed by atoms with Gasteiger partial charge in [0.05, 0.1) is 11.3 Å². The highest BCUT2D eigenvalue weighted by atomic mass is 35.5. The summed E-state index contributed by atoms with van der Waals surface area (Å²) >= 11 is 5.58. The Labute approximate surface area is 111 Å². The average molecular weight is 289 g/mol. The lowest BCUT2D eigenvalue weighted by Gasteiger charge is -2.12. The van der Waals surface area contributed by atoms with Gasteiger partial charge in [-0.3, -0.25) is 0 Å². The maximum atomic E-state index is 12.6. The third-order valence-corrected chi connectivity index (χ3v) is 2.73. The summed E-state index contributed by atoms with van der Waals surface area (Å²) in [4.78, 5) is 0. The molecule has 0 atom stereocenters. The van der Waals surface area contributed by atoms with E-state index in [0.717, 1.165) is 6.07 Å². The normalized spacial score (nSPS) is 11.6. The van der Waals surface area contributed by atoms with Crippen LogP contribution in [0.15, 0.2) is 24.3 Å². The standard InChI is InChI=1S/C12H8ClF3N2O/c1-6-4-7(12(14,15)16)5-9(19)11(6)8-2-3-10(13)18-17-8/h2-5,19H,1H3. The summed E-state index contributed by atoms with van der Waals surface area (Å²) < 4.78 is 37.7. The molecule has 0 saturated heterocycles. The fourth-order valence-corrected chi connectivity index (χ4v) is 1.82. The maximum Gasteiger partial charge on any atom is 0.416 e. The zero-order valence-electron chi connectivity index (χ0n) is 9.66. The lowest BCUT2D eigenvalue weighted by molar-refractivity contribution is -0.137. The summed E-state index contributed by atoms with van der Waals surface area (Å²) in [7, 11) is 0. The number of aromatic nitrogens is 2. The molecule has 0 fully saturated rings. The number of phenolic OH excluding ortho intramolecular Hbond substituents is 1. The molecule has 0 aliphatic heterocycles. The monoisotopic (exact) mass is 288 g/mol. The van der Waals surface area contributed by atoms with E-state index in [1.54, 1.807) is 0 Å². The molecule has 100 valence electrons. The number of rotatable bonds is 1. The van der Waals surface area contributed by atoms with E-state index in [9.17, 15) is 18.3 Å². The first-order valence-corrected chi connectivity index (χ1v) is 5.57. The Hall–Kier alpha value is -1.82. The Morgan fingerprint density at radius 3 is 2.32 bits per heavy atom. The van der Waals surface area contributed by atoms with Crippen molar-refractivity contribution in [3.05, 3.63) is 40.5 Å². The summed E-state index contributed by atoms with van der Waals surface area (Å²) in [6.07, 6.45) is -4.51. The van der Waals surface area contributed by atoms with Gasteiger partial charge < -0.3 is 5.11 Å². The van der Waals surface area contributed by atoms with E-state index in [1.807, 2.05) is 0 Å². The lowest BCUT2D eigenvalue weighted by Crippen LogP contribution is -2.05. The highest BCUT2D eigenvalue weighted by Gasteiger charge is 2.32. The molecule has 0 radical (unpaired) electrons. The SMILES string of the molecule is Cc1cc(C(F)(F)F)cc(O)c1-c1ccc(Cl)nn1. The van der Waals surface area contributed by atoms with Crippen molar-refractivity contribution in [3.63, 3.8) is 0 Å². The van der Waals surface area contributed by atoms with Crippen molar-refractivity contribution in [2.45, 2.75) is 13.1 Å². The number of hydrogen-bond acceptors (Lipinski definition) is 3. The topological polar surface area (TPSA) is 46.0 Å². The minimum Gasteiger partial charge on any atom is -0.507 e. The van der Waals surface area contributed by atoms with Gasteiger partial charge in [-0.05, 0) is 36.8 Å². The first-order valence-electron chi connectivity index (χ1n) is 5.19. The molecule has 19 heavy (non-hydrogen) atoms. The van der Waals surface area contributed by atoms with Gasteiger partial charge in [0.2, 0.25) is 0 Å². The first-order chi connectivity index (χ1) is 8.79. The summed E-state index contributed by atoms with van der Waals surface area (Å²) in [5.41, 5.74) is -0.192. The van der Waals surface area contributed by atoms with Gasteiger partial charge in [0.1, 0.15) is 5.75 Å². The van der Waals surface area contributed by atoms with Gasteiger partial charge >= 0.3 is 6.18 Å². The largest absolute Gasteiger partial charge is 0.507 e. The number of hydrogen-bond donors (Lipinski definition) is 1. The number of aromatic hydroxyl groups is 1. The molecule has 1 aromatic carbocycles. The van der Waals surface area contributed by atoms with E-state index in [1.165, 1.54) is 19.1 Å². The van der Waals surface area contributed by atoms with E-state index >= 15 is 0 Å². The van der Waals surface area contributed by atoms with Crippen molar-refractivity contribution in [3.8, 4) is 17.0 Å².